The molecule has 27 heavy (non-hydrogen) atoms. The monoisotopic (exact) mass is 361 g/mol. The lowest BCUT2D eigenvalue weighted by Gasteiger charge is -2.18. The molecule has 3 aromatic rings. The molecular weight excluding hydrogens is 334 g/mol. The van der Waals surface area contributed by atoms with E-state index in [0.29, 0.717) is 13.2 Å². The molecule has 0 aromatic heterocycles. The van der Waals surface area contributed by atoms with Crippen LogP contribution in [0.15, 0.2) is 78.9 Å². The summed E-state index contributed by atoms with van der Waals surface area (Å²) in [5, 5.41) is 3.58. The van der Waals surface area contributed by atoms with Crippen molar-refractivity contribution in [1.29, 1.82) is 0 Å². The third-order valence-electron chi connectivity index (χ3n) is 4.44. The number of ether oxygens (including phenoxy) is 2. The molecule has 0 saturated carbocycles. The maximum Gasteiger partial charge on any atom is 0.124 e. The molecule has 1 unspecified atom stereocenters. The fourth-order valence-corrected chi connectivity index (χ4v) is 2.99. The van der Waals surface area contributed by atoms with Crippen molar-refractivity contribution in [2.24, 2.45) is 0 Å². The van der Waals surface area contributed by atoms with Crippen molar-refractivity contribution in [3.05, 3.63) is 95.6 Å². The second kappa shape index (κ2) is 9.79. The van der Waals surface area contributed by atoms with Crippen LogP contribution < -0.4 is 14.8 Å². The van der Waals surface area contributed by atoms with Crippen molar-refractivity contribution in [2.75, 3.05) is 6.61 Å². The van der Waals surface area contributed by atoms with Crippen LogP contribution in [-0.2, 0) is 13.2 Å². The molecule has 0 saturated heterocycles. The van der Waals surface area contributed by atoms with Gasteiger partial charge in [0.05, 0.1) is 6.61 Å². The molecule has 0 heterocycles. The van der Waals surface area contributed by atoms with E-state index in [2.05, 4.69) is 42.6 Å². The van der Waals surface area contributed by atoms with E-state index in [9.17, 15) is 0 Å². The van der Waals surface area contributed by atoms with E-state index in [-0.39, 0.29) is 6.04 Å². The lowest BCUT2D eigenvalue weighted by atomic mass is 10.1. The van der Waals surface area contributed by atoms with E-state index in [1.54, 1.807) is 0 Å². The number of hydrogen-bond acceptors (Lipinski definition) is 3. The Morgan fingerprint density at radius 3 is 2.37 bits per heavy atom. The summed E-state index contributed by atoms with van der Waals surface area (Å²) in [5.41, 5.74) is 3.54. The van der Waals surface area contributed by atoms with E-state index in [1.807, 2.05) is 55.5 Å². The van der Waals surface area contributed by atoms with Crippen molar-refractivity contribution in [2.45, 2.75) is 33.0 Å². The summed E-state index contributed by atoms with van der Waals surface area (Å²) >= 11 is 0. The van der Waals surface area contributed by atoms with Gasteiger partial charge in [-0.15, -0.1) is 0 Å². The first kappa shape index (κ1) is 19.0. The first-order valence-electron chi connectivity index (χ1n) is 9.47. The number of nitrogens with one attached hydrogen (secondary N) is 1. The zero-order chi connectivity index (χ0) is 18.9. The molecule has 3 aromatic carbocycles. The van der Waals surface area contributed by atoms with Crippen molar-refractivity contribution >= 4 is 0 Å². The predicted octanol–water partition coefficient (Wildman–Crippen LogP) is 5.52. The molecule has 0 spiro atoms. The van der Waals surface area contributed by atoms with Crippen LogP contribution in [0.25, 0.3) is 0 Å². The molecule has 1 N–H and O–H groups in total. The van der Waals surface area contributed by atoms with Crippen molar-refractivity contribution in [3.8, 4) is 11.5 Å². The largest absolute Gasteiger partial charge is 0.494 e. The summed E-state index contributed by atoms with van der Waals surface area (Å²) in [5.74, 6) is 1.83. The van der Waals surface area contributed by atoms with E-state index >= 15 is 0 Å². The number of rotatable bonds is 9. The van der Waals surface area contributed by atoms with Crippen LogP contribution in [0.5, 0.6) is 11.5 Å². The second-order valence-electron chi connectivity index (χ2n) is 6.50. The number of para-hydroxylation sites is 1. The topological polar surface area (TPSA) is 30.5 Å². The number of benzene rings is 3. The standard InChI is InChI=1S/C24H27NO2/c1-3-26-24-15-8-7-14-23(24)19(2)25-17-21-12-9-13-22(16-21)27-18-20-10-5-4-6-11-20/h4-16,19,25H,3,17-18H2,1-2H3. The minimum absolute atomic E-state index is 0.196. The highest BCUT2D eigenvalue weighted by molar-refractivity contribution is 5.36. The number of hydrogen-bond donors (Lipinski definition) is 1. The van der Waals surface area contributed by atoms with Gasteiger partial charge in [-0.3, -0.25) is 0 Å². The predicted molar refractivity (Wildman–Crippen MR) is 110 cm³/mol. The average molecular weight is 361 g/mol. The quantitative estimate of drug-likeness (QED) is 0.545. The Kier molecular flexibility index (Phi) is 6.89. The highest BCUT2D eigenvalue weighted by atomic mass is 16.5. The van der Waals surface area contributed by atoms with Gasteiger partial charge in [0.1, 0.15) is 18.1 Å². The van der Waals surface area contributed by atoms with Crippen molar-refractivity contribution in [1.82, 2.24) is 5.32 Å². The fourth-order valence-electron chi connectivity index (χ4n) is 2.99. The summed E-state index contributed by atoms with van der Waals surface area (Å²) in [6.07, 6.45) is 0. The second-order valence-corrected chi connectivity index (χ2v) is 6.50. The van der Waals surface area contributed by atoms with Gasteiger partial charge in [-0.05, 0) is 43.2 Å². The average Bonchev–Trinajstić information content (AvgIpc) is 2.72. The summed E-state index contributed by atoms with van der Waals surface area (Å²) < 4.78 is 11.7. The molecule has 0 aliphatic heterocycles. The van der Waals surface area contributed by atoms with E-state index < -0.39 is 0 Å². The normalized spacial score (nSPS) is 11.8. The maximum absolute atomic E-state index is 5.93. The first-order valence-corrected chi connectivity index (χ1v) is 9.47. The lowest BCUT2D eigenvalue weighted by molar-refractivity contribution is 0.306. The smallest absolute Gasteiger partial charge is 0.124 e. The van der Waals surface area contributed by atoms with Gasteiger partial charge in [0.25, 0.3) is 0 Å². The minimum Gasteiger partial charge on any atom is -0.494 e. The van der Waals surface area contributed by atoms with Gasteiger partial charge in [-0.2, -0.15) is 0 Å². The highest BCUT2D eigenvalue weighted by Gasteiger charge is 2.10. The van der Waals surface area contributed by atoms with Crippen LogP contribution >= 0.6 is 0 Å². The van der Waals surface area contributed by atoms with Gasteiger partial charge in [0.2, 0.25) is 0 Å². The summed E-state index contributed by atoms with van der Waals surface area (Å²) in [6.45, 7) is 6.19. The SMILES string of the molecule is CCOc1ccccc1C(C)NCc1cccc(OCc2ccccc2)c1. The van der Waals surface area contributed by atoms with Crippen LogP contribution in [0.2, 0.25) is 0 Å². The zero-order valence-corrected chi connectivity index (χ0v) is 16.0. The molecule has 3 nitrogen and oxygen atoms in total. The summed E-state index contributed by atoms with van der Waals surface area (Å²) in [7, 11) is 0. The van der Waals surface area contributed by atoms with Crippen LogP contribution in [0.3, 0.4) is 0 Å². The third-order valence-corrected chi connectivity index (χ3v) is 4.44. The Labute approximate surface area is 162 Å². The summed E-state index contributed by atoms with van der Waals surface area (Å²) in [4.78, 5) is 0. The van der Waals surface area contributed by atoms with Crippen LogP contribution in [0.4, 0.5) is 0 Å². The maximum atomic E-state index is 5.93. The molecule has 0 aliphatic carbocycles. The summed E-state index contributed by atoms with van der Waals surface area (Å²) in [6, 6.07) is 26.9. The molecular formula is C24H27NO2. The molecule has 1 atom stereocenters. The Morgan fingerprint density at radius 2 is 1.56 bits per heavy atom. The zero-order valence-electron chi connectivity index (χ0n) is 16.0. The Balaban J connectivity index is 1.58. The molecule has 0 fully saturated rings. The van der Waals surface area contributed by atoms with Crippen molar-refractivity contribution in [3.63, 3.8) is 0 Å². The van der Waals surface area contributed by atoms with Gasteiger partial charge in [0, 0.05) is 18.2 Å². The van der Waals surface area contributed by atoms with E-state index in [4.69, 9.17) is 9.47 Å². The Bertz CT molecular complexity index is 833. The van der Waals surface area contributed by atoms with E-state index in [0.717, 1.165) is 18.0 Å². The Hall–Kier alpha value is -2.78. The molecule has 3 heteroatoms. The van der Waals surface area contributed by atoms with Gasteiger partial charge < -0.3 is 14.8 Å². The van der Waals surface area contributed by atoms with E-state index in [1.165, 1.54) is 16.7 Å². The Morgan fingerprint density at radius 1 is 0.815 bits per heavy atom. The van der Waals surface area contributed by atoms with Gasteiger partial charge in [-0.1, -0.05) is 60.7 Å². The molecule has 0 aliphatic rings. The first-order chi connectivity index (χ1) is 13.3. The van der Waals surface area contributed by atoms with Gasteiger partial charge in [0.15, 0.2) is 0 Å². The minimum atomic E-state index is 0.196. The van der Waals surface area contributed by atoms with Crippen LogP contribution in [-0.4, -0.2) is 6.61 Å². The fraction of sp³-hybridized carbons (Fsp3) is 0.250. The third kappa shape index (κ3) is 5.60. The molecule has 0 amide bonds. The molecule has 0 bridgehead atoms. The van der Waals surface area contributed by atoms with Gasteiger partial charge in [-0.25, -0.2) is 0 Å². The van der Waals surface area contributed by atoms with Gasteiger partial charge >= 0.3 is 0 Å². The molecule has 0 radical (unpaired) electrons. The van der Waals surface area contributed by atoms with Crippen LogP contribution in [0, 0.1) is 0 Å². The van der Waals surface area contributed by atoms with Crippen LogP contribution in [0.1, 0.15) is 36.6 Å². The molecule has 3 rings (SSSR count). The molecule has 140 valence electrons. The highest BCUT2D eigenvalue weighted by Crippen LogP contribution is 2.25. The van der Waals surface area contributed by atoms with Crippen molar-refractivity contribution < 1.29 is 9.47 Å². The lowest BCUT2D eigenvalue weighted by Crippen LogP contribution is -2.19.